The van der Waals surface area contributed by atoms with Crippen LogP contribution in [-0.4, -0.2) is 34.6 Å². The van der Waals surface area contributed by atoms with Gasteiger partial charge < -0.3 is 19.2 Å². The first-order valence-electron chi connectivity index (χ1n) is 8.89. The van der Waals surface area contributed by atoms with Crippen LogP contribution in [0.1, 0.15) is 21.7 Å². The third-order valence-corrected chi connectivity index (χ3v) is 4.57. The number of H-pyrrole nitrogens is 1. The zero-order valence-corrected chi connectivity index (χ0v) is 16.2. The number of hydrogen-bond donors (Lipinski definition) is 1. The second kappa shape index (κ2) is 7.31. The number of benzene rings is 1. The molecular weight excluding hydrogens is 374 g/mol. The Labute approximate surface area is 165 Å². The van der Waals surface area contributed by atoms with E-state index in [9.17, 15) is 9.59 Å². The van der Waals surface area contributed by atoms with Crippen molar-refractivity contribution in [1.82, 2.24) is 14.4 Å². The first kappa shape index (κ1) is 18.5. The lowest BCUT2D eigenvalue weighted by atomic mass is 10.2. The summed E-state index contributed by atoms with van der Waals surface area (Å²) in [4.78, 5) is 32.1. The summed E-state index contributed by atoms with van der Waals surface area (Å²) in [5.74, 6) is 0.607. The number of carbonyl (C=O) groups is 1. The van der Waals surface area contributed by atoms with Crippen LogP contribution in [0, 0.1) is 6.92 Å². The Morgan fingerprint density at radius 3 is 2.72 bits per heavy atom. The van der Waals surface area contributed by atoms with E-state index in [2.05, 4.69) is 9.97 Å². The fourth-order valence-corrected chi connectivity index (χ4v) is 3.12. The third-order valence-electron chi connectivity index (χ3n) is 4.57. The number of hydrogen-bond acceptors (Lipinski definition) is 6. The topological polar surface area (TPSA) is 94.9 Å². The van der Waals surface area contributed by atoms with E-state index in [0.717, 1.165) is 10.9 Å². The molecule has 0 aliphatic carbocycles. The molecule has 0 atom stereocenters. The molecule has 3 heterocycles. The van der Waals surface area contributed by atoms with Crippen LogP contribution in [0.5, 0.6) is 11.5 Å². The van der Waals surface area contributed by atoms with Crippen molar-refractivity contribution in [2.24, 2.45) is 0 Å². The van der Waals surface area contributed by atoms with Gasteiger partial charge in [-0.05, 0) is 36.8 Å². The van der Waals surface area contributed by atoms with Crippen LogP contribution < -0.4 is 15.0 Å². The summed E-state index contributed by atoms with van der Waals surface area (Å²) in [5.41, 5.74) is 2.56. The van der Waals surface area contributed by atoms with Crippen molar-refractivity contribution < 1.29 is 19.0 Å². The van der Waals surface area contributed by atoms with E-state index in [-0.39, 0.29) is 17.9 Å². The zero-order valence-electron chi connectivity index (χ0n) is 16.2. The zero-order chi connectivity index (χ0) is 20.5. The number of nitrogens with one attached hydrogen (secondary N) is 1. The molecule has 3 aromatic heterocycles. The number of aromatic nitrogens is 3. The van der Waals surface area contributed by atoms with Crippen LogP contribution in [0.4, 0.5) is 0 Å². The summed E-state index contributed by atoms with van der Waals surface area (Å²) in [5, 5.41) is 0.755. The number of rotatable bonds is 5. The summed E-state index contributed by atoms with van der Waals surface area (Å²) in [6, 6.07) is 10.2. The monoisotopic (exact) mass is 393 g/mol. The molecule has 0 unspecified atom stereocenters. The van der Waals surface area contributed by atoms with Crippen molar-refractivity contribution in [3.05, 3.63) is 69.9 Å². The average molecular weight is 393 g/mol. The molecule has 148 valence electrons. The fraction of sp³-hybridized carbons (Fsp3) is 0.190. The second-order valence-electron chi connectivity index (χ2n) is 6.57. The Morgan fingerprint density at radius 1 is 1.14 bits per heavy atom. The molecule has 0 fully saturated rings. The van der Waals surface area contributed by atoms with Gasteiger partial charge in [0.15, 0.2) is 0 Å². The summed E-state index contributed by atoms with van der Waals surface area (Å²) >= 11 is 0. The molecule has 1 aromatic carbocycles. The number of nitrogens with zero attached hydrogens (tertiary/aromatic N) is 2. The normalized spacial score (nSPS) is 11.0. The average Bonchev–Trinajstić information content (AvgIpc) is 3.15. The number of aryl methyl sites for hydroxylation is 1. The fourth-order valence-electron chi connectivity index (χ4n) is 3.12. The van der Waals surface area contributed by atoms with Gasteiger partial charge in [0, 0.05) is 23.7 Å². The number of aromatic amines is 1. The highest BCUT2D eigenvalue weighted by molar-refractivity contribution is 5.97. The Balaban J connectivity index is 1.58. The van der Waals surface area contributed by atoms with Crippen LogP contribution in [0.25, 0.3) is 16.6 Å². The van der Waals surface area contributed by atoms with E-state index < -0.39 is 5.97 Å². The van der Waals surface area contributed by atoms with Gasteiger partial charge in [-0.1, -0.05) is 0 Å². The van der Waals surface area contributed by atoms with Crippen molar-refractivity contribution in [3.8, 4) is 11.5 Å². The van der Waals surface area contributed by atoms with E-state index in [0.29, 0.717) is 28.4 Å². The lowest BCUT2D eigenvalue weighted by Gasteiger charge is -2.06. The number of methoxy groups -OCH3 is 2. The first-order valence-corrected chi connectivity index (χ1v) is 8.89. The minimum atomic E-state index is -0.562. The molecule has 0 aliphatic heterocycles. The third kappa shape index (κ3) is 3.52. The summed E-state index contributed by atoms with van der Waals surface area (Å²) in [6.07, 6.45) is 1.67. The van der Waals surface area contributed by atoms with Crippen LogP contribution in [-0.2, 0) is 11.3 Å². The van der Waals surface area contributed by atoms with Crippen LogP contribution >= 0.6 is 0 Å². The van der Waals surface area contributed by atoms with Crippen LogP contribution in [0.3, 0.4) is 0 Å². The van der Waals surface area contributed by atoms with E-state index in [1.54, 1.807) is 44.7 Å². The molecule has 8 nitrogen and oxygen atoms in total. The van der Waals surface area contributed by atoms with Crippen molar-refractivity contribution in [3.63, 3.8) is 0 Å². The van der Waals surface area contributed by atoms with Gasteiger partial charge in [0.25, 0.3) is 5.56 Å². The number of ether oxygens (including phenoxy) is 3. The Kier molecular flexibility index (Phi) is 4.67. The highest BCUT2D eigenvalue weighted by atomic mass is 16.5. The largest absolute Gasteiger partial charge is 0.497 e. The summed E-state index contributed by atoms with van der Waals surface area (Å²) in [7, 11) is 3.10. The molecule has 0 radical (unpaired) electrons. The van der Waals surface area contributed by atoms with Gasteiger partial charge in [0.2, 0.25) is 0 Å². The van der Waals surface area contributed by atoms with Gasteiger partial charge in [-0.3, -0.25) is 9.20 Å². The molecule has 8 heteroatoms. The number of pyridine rings is 1. The van der Waals surface area contributed by atoms with Crippen LogP contribution in [0.15, 0.2) is 47.4 Å². The summed E-state index contributed by atoms with van der Waals surface area (Å²) < 4.78 is 17.4. The molecule has 0 amide bonds. The molecule has 0 aliphatic rings. The Hall–Kier alpha value is -3.81. The van der Waals surface area contributed by atoms with Gasteiger partial charge in [0.1, 0.15) is 29.4 Å². The maximum atomic E-state index is 12.5. The lowest BCUT2D eigenvalue weighted by molar-refractivity contribution is 0.0462. The SMILES string of the molecule is COc1cc(OC)c2[nH]c(C(=O)OCc3cc(=O)n4ccc(C)cc4n3)cc2c1. The van der Waals surface area contributed by atoms with E-state index >= 15 is 0 Å². The molecule has 1 N–H and O–H groups in total. The number of fused-ring (bicyclic) bond motifs is 2. The summed E-state index contributed by atoms with van der Waals surface area (Å²) in [6.45, 7) is 1.80. The minimum Gasteiger partial charge on any atom is -0.497 e. The molecular formula is C21H19N3O5. The highest BCUT2D eigenvalue weighted by Gasteiger charge is 2.15. The molecule has 0 saturated heterocycles. The van der Waals surface area contributed by atoms with Gasteiger partial charge in [-0.25, -0.2) is 9.78 Å². The molecule has 4 rings (SSSR count). The van der Waals surface area contributed by atoms with Crippen LogP contribution in [0.2, 0.25) is 0 Å². The van der Waals surface area contributed by atoms with Gasteiger partial charge in [-0.15, -0.1) is 0 Å². The smallest absolute Gasteiger partial charge is 0.355 e. The maximum Gasteiger partial charge on any atom is 0.355 e. The van der Waals surface area contributed by atoms with Gasteiger partial charge >= 0.3 is 5.97 Å². The first-order chi connectivity index (χ1) is 14.0. The molecule has 0 spiro atoms. The number of esters is 1. The van der Waals surface area contributed by atoms with Gasteiger partial charge in [0.05, 0.1) is 25.4 Å². The van der Waals surface area contributed by atoms with E-state index in [4.69, 9.17) is 14.2 Å². The standard InChI is InChI=1S/C21H19N3O5/c1-12-4-5-24-18(6-12)22-14(9-19(24)25)11-29-21(26)16-8-13-7-15(27-2)10-17(28-3)20(13)23-16/h4-10,23H,11H2,1-3H3. The van der Waals surface area contributed by atoms with E-state index in [1.807, 2.05) is 13.0 Å². The minimum absolute atomic E-state index is 0.117. The second-order valence-corrected chi connectivity index (χ2v) is 6.57. The maximum absolute atomic E-state index is 12.5. The van der Waals surface area contributed by atoms with E-state index in [1.165, 1.54) is 10.5 Å². The quantitative estimate of drug-likeness (QED) is 0.524. The number of carbonyl (C=O) groups excluding carboxylic acids is 1. The predicted molar refractivity (Wildman–Crippen MR) is 107 cm³/mol. The van der Waals surface area contributed by atoms with Crippen molar-refractivity contribution in [2.75, 3.05) is 14.2 Å². The Morgan fingerprint density at radius 2 is 1.97 bits per heavy atom. The van der Waals surface area contributed by atoms with Crippen molar-refractivity contribution >= 4 is 22.5 Å². The van der Waals surface area contributed by atoms with Crippen molar-refractivity contribution in [2.45, 2.75) is 13.5 Å². The Bertz CT molecular complexity index is 1290. The molecule has 4 aromatic rings. The van der Waals surface area contributed by atoms with Gasteiger partial charge in [-0.2, -0.15) is 0 Å². The predicted octanol–water partition coefficient (Wildman–Crippen LogP) is 2.86. The van der Waals surface area contributed by atoms with Crippen molar-refractivity contribution in [1.29, 1.82) is 0 Å². The highest BCUT2D eigenvalue weighted by Crippen LogP contribution is 2.31. The molecule has 0 saturated carbocycles. The lowest BCUT2D eigenvalue weighted by Crippen LogP contribution is -2.16. The molecule has 29 heavy (non-hydrogen) atoms. The molecule has 0 bridgehead atoms.